The molecule has 0 amide bonds. The maximum atomic E-state index is 6.19. The lowest BCUT2D eigenvalue weighted by molar-refractivity contribution is 1.02. The van der Waals surface area contributed by atoms with Crippen molar-refractivity contribution < 1.29 is 0 Å². The van der Waals surface area contributed by atoms with Crippen molar-refractivity contribution in [3.8, 4) is 0 Å². The minimum atomic E-state index is 0.641. The zero-order valence-corrected chi connectivity index (χ0v) is 14.7. The van der Waals surface area contributed by atoms with Gasteiger partial charge in [0.05, 0.1) is 0 Å². The number of nitrogens with one attached hydrogen (secondary N) is 1. The van der Waals surface area contributed by atoms with E-state index < -0.39 is 0 Å². The summed E-state index contributed by atoms with van der Waals surface area (Å²) in [6.07, 6.45) is 0. The van der Waals surface area contributed by atoms with Gasteiger partial charge in [-0.3, -0.25) is 0 Å². The van der Waals surface area contributed by atoms with Crippen LogP contribution in [0.2, 0.25) is 5.02 Å². The molecule has 3 rings (SSSR count). The molecule has 0 aliphatic heterocycles. The number of aryl methyl sites for hydroxylation is 2. The lowest BCUT2D eigenvalue weighted by Gasteiger charge is -2.18. The Bertz CT molecular complexity index is 849. The SMILES string of the molecule is Cc1cc(Nc2ccc(C)c(Cl)c2)nc(N(C)c2ccccc2)n1. The number of nitrogens with zero attached hydrogens (tertiary/aromatic N) is 3. The summed E-state index contributed by atoms with van der Waals surface area (Å²) in [5, 5.41) is 4.03. The maximum absolute atomic E-state index is 6.19. The van der Waals surface area contributed by atoms with Gasteiger partial charge >= 0.3 is 0 Å². The topological polar surface area (TPSA) is 41.1 Å². The summed E-state index contributed by atoms with van der Waals surface area (Å²) in [4.78, 5) is 11.1. The van der Waals surface area contributed by atoms with Gasteiger partial charge in [0.15, 0.2) is 0 Å². The van der Waals surface area contributed by atoms with Gasteiger partial charge in [-0.2, -0.15) is 4.98 Å². The monoisotopic (exact) mass is 338 g/mol. The van der Waals surface area contributed by atoms with Gasteiger partial charge in [0.25, 0.3) is 0 Å². The van der Waals surface area contributed by atoms with Crippen LogP contribution in [0.1, 0.15) is 11.3 Å². The molecule has 0 atom stereocenters. The van der Waals surface area contributed by atoms with E-state index in [4.69, 9.17) is 11.6 Å². The second-order valence-electron chi connectivity index (χ2n) is 5.68. The predicted molar refractivity (Wildman–Crippen MR) is 101 cm³/mol. The first-order valence-electron chi connectivity index (χ1n) is 7.70. The molecule has 24 heavy (non-hydrogen) atoms. The quantitative estimate of drug-likeness (QED) is 0.704. The highest BCUT2D eigenvalue weighted by molar-refractivity contribution is 6.31. The molecule has 0 aliphatic carbocycles. The van der Waals surface area contributed by atoms with Crippen molar-refractivity contribution in [3.05, 3.63) is 70.9 Å². The van der Waals surface area contributed by atoms with Crippen LogP contribution in [-0.2, 0) is 0 Å². The van der Waals surface area contributed by atoms with E-state index in [-0.39, 0.29) is 0 Å². The fourth-order valence-electron chi connectivity index (χ4n) is 2.35. The zero-order chi connectivity index (χ0) is 17.1. The molecular formula is C19H19ClN4. The average Bonchev–Trinajstić information content (AvgIpc) is 2.58. The first-order chi connectivity index (χ1) is 11.5. The van der Waals surface area contributed by atoms with Crippen molar-refractivity contribution in [2.75, 3.05) is 17.3 Å². The molecule has 3 aromatic rings. The van der Waals surface area contributed by atoms with Gasteiger partial charge in [0, 0.05) is 35.2 Å². The molecule has 0 aliphatic rings. The normalized spacial score (nSPS) is 10.5. The van der Waals surface area contributed by atoms with E-state index in [0.717, 1.165) is 33.5 Å². The number of hydrogen-bond acceptors (Lipinski definition) is 4. The number of rotatable bonds is 4. The Hall–Kier alpha value is -2.59. The second-order valence-corrected chi connectivity index (χ2v) is 6.09. The maximum Gasteiger partial charge on any atom is 0.231 e. The van der Waals surface area contributed by atoms with Gasteiger partial charge in [-0.25, -0.2) is 4.98 Å². The summed E-state index contributed by atoms with van der Waals surface area (Å²) in [6.45, 7) is 3.94. The van der Waals surface area contributed by atoms with Crippen molar-refractivity contribution in [1.82, 2.24) is 9.97 Å². The van der Waals surface area contributed by atoms with Gasteiger partial charge in [0.2, 0.25) is 5.95 Å². The van der Waals surface area contributed by atoms with Crippen LogP contribution in [0, 0.1) is 13.8 Å². The van der Waals surface area contributed by atoms with Crippen molar-refractivity contribution in [2.24, 2.45) is 0 Å². The van der Waals surface area contributed by atoms with Crippen LogP contribution in [0.5, 0.6) is 0 Å². The Kier molecular flexibility index (Phi) is 4.67. The summed E-state index contributed by atoms with van der Waals surface area (Å²) < 4.78 is 0. The van der Waals surface area contributed by atoms with E-state index in [2.05, 4.69) is 15.3 Å². The summed E-state index contributed by atoms with van der Waals surface area (Å²) in [5.41, 5.74) is 3.87. The smallest absolute Gasteiger partial charge is 0.231 e. The Balaban J connectivity index is 1.90. The van der Waals surface area contributed by atoms with E-state index in [0.29, 0.717) is 5.95 Å². The molecule has 0 saturated heterocycles. The van der Waals surface area contributed by atoms with Crippen molar-refractivity contribution in [1.29, 1.82) is 0 Å². The first-order valence-corrected chi connectivity index (χ1v) is 8.08. The summed E-state index contributed by atoms with van der Waals surface area (Å²) >= 11 is 6.19. The number of benzene rings is 2. The van der Waals surface area contributed by atoms with Crippen LogP contribution in [0.25, 0.3) is 0 Å². The second kappa shape index (κ2) is 6.89. The van der Waals surface area contributed by atoms with E-state index in [1.54, 1.807) is 0 Å². The third kappa shape index (κ3) is 3.66. The standard InChI is InChI=1S/C19H19ClN4/c1-13-9-10-15(12-17(13)20)22-18-11-14(2)21-19(23-18)24(3)16-7-5-4-6-8-16/h4-12H,1-3H3,(H,21,22,23). The van der Waals surface area contributed by atoms with Gasteiger partial charge in [-0.15, -0.1) is 0 Å². The fourth-order valence-corrected chi connectivity index (χ4v) is 2.53. The lowest BCUT2D eigenvalue weighted by atomic mass is 10.2. The average molecular weight is 339 g/mol. The van der Waals surface area contributed by atoms with Gasteiger partial charge in [-0.05, 0) is 43.7 Å². The van der Waals surface area contributed by atoms with Crippen LogP contribution in [-0.4, -0.2) is 17.0 Å². The third-order valence-electron chi connectivity index (χ3n) is 3.73. The van der Waals surface area contributed by atoms with Gasteiger partial charge in [-0.1, -0.05) is 35.9 Å². The van der Waals surface area contributed by atoms with Crippen molar-refractivity contribution in [3.63, 3.8) is 0 Å². The number of halogens is 1. The van der Waals surface area contributed by atoms with Crippen molar-refractivity contribution >= 4 is 34.7 Å². The predicted octanol–water partition coefficient (Wildman–Crippen LogP) is 5.26. The van der Waals surface area contributed by atoms with E-state index in [1.807, 2.05) is 80.4 Å². The molecule has 5 heteroatoms. The highest BCUT2D eigenvalue weighted by Gasteiger charge is 2.09. The van der Waals surface area contributed by atoms with E-state index >= 15 is 0 Å². The van der Waals surface area contributed by atoms with Crippen LogP contribution in [0.3, 0.4) is 0 Å². The first kappa shape index (κ1) is 16.3. The molecular weight excluding hydrogens is 320 g/mol. The molecule has 0 bridgehead atoms. The largest absolute Gasteiger partial charge is 0.340 e. The molecule has 1 heterocycles. The molecule has 0 unspecified atom stereocenters. The molecule has 0 fully saturated rings. The Labute approximate surface area is 147 Å². The number of aromatic nitrogens is 2. The van der Waals surface area contributed by atoms with E-state index in [1.165, 1.54) is 0 Å². The van der Waals surface area contributed by atoms with Crippen molar-refractivity contribution in [2.45, 2.75) is 13.8 Å². The molecule has 0 spiro atoms. The van der Waals surface area contributed by atoms with Crippen LogP contribution < -0.4 is 10.2 Å². The Morgan fingerprint density at radius 1 is 0.958 bits per heavy atom. The molecule has 122 valence electrons. The molecule has 1 N–H and O–H groups in total. The van der Waals surface area contributed by atoms with Crippen LogP contribution >= 0.6 is 11.6 Å². The molecule has 4 nitrogen and oxygen atoms in total. The number of anilines is 4. The third-order valence-corrected chi connectivity index (χ3v) is 4.14. The molecule has 0 radical (unpaired) electrons. The van der Waals surface area contributed by atoms with Gasteiger partial charge in [0.1, 0.15) is 5.82 Å². The highest BCUT2D eigenvalue weighted by Crippen LogP contribution is 2.25. The minimum Gasteiger partial charge on any atom is -0.340 e. The fraction of sp³-hybridized carbons (Fsp3) is 0.158. The van der Waals surface area contributed by atoms with Crippen LogP contribution in [0.4, 0.5) is 23.1 Å². The molecule has 1 aromatic heterocycles. The molecule has 2 aromatic carbocycles. The van der Waals surface area contributed by atoms with Crippen LogP contribution in [0.15, 0.2) is 54.6 Å². The highest BCUT2D eigenvalue weighted by atomic mass is 35.5. The summed E-state index contributed by atoms with van der Waals surface area (Å²) in [7, 11) is 1.95. The summed E-state index contributed by atoms with van der Waals surface area (Å²) in [5.74, 6) is 1.38. The molecule has 0 saturated carbocycles. The van der Waals surface area contributed by atoms with Gasteiger partial charge < -0.3 is 10.2 Å². The number of para-hydroxylation sites is 1. The number of hydrogen-bond donors (Lipinski definition) is 1. The summed E-state index contributed by atoms with van der Waals surface area (Å²) in [6, 6.07) is 17.8. The Morgan fingerprint density at radius 2 is 1.71 bits per heavy atom. The minimum absolute atomic E-state index is 0.641. The Morgan fingerprint density at radius 3 is 2.42 bits per heavy atom. The van der Waals surface area contributed by atoms with E-state index in [9.17, 15) is 0 Å². The lowest BCUT2D eigenvalue weighted by Crippen LogP contribution is -2.14. The zero-order valence-electron chi connectivity index (χ0n) is 13.9.